The van der Waals surface area contributed by atoms with E-state index in [9.17, 15) is 4.79 Å². The Labute approximate surface area is 111 Å². The molecule has 1 aromatic heterocycles. The Morgan fingerprint density at radius 3 is 2.67 bits per heavy atom. The minimum atomic E-state index is -0.0573. The number of aryl methyl sites for hydroxylation is 3. The fourth-order valence-corrected chi connectivity index (χ4v) is 3.25. The lowest BCUT2D eigenvalue weighted by atomic mass is 10.1. The summed E-state index contributed by atoms with van der Waals surface area (Å²) in [4.78, 5) is 16.5. The fraction of sp³-hybridized carbons (Fsp3) is 0.429. The Balaban J connectivity index is 2.80. The average molecular weight is 262 g/mol. The molecule has 0 radical (unpaired) electrons. The minimum absolute atomic E-state index is 0.0573. The summed E-state index contributed by atoms with van der Waals surface area (Å²) in [7, 11) is 0. The van der Waals surface area contributed by atoms with Crippen molar-refractivity contribution in [1.82, 2.24) is 4.57 Å². The number of carbonyl (C=O) groups excluding carboxylic acids is 1. The predicted octanol–water partition coefficient (Wildman–Crippen LogP) is 3.18. The summed E-state index contributed by atoms with van der Waals surface area (Å²) in [6.07, 6.45) is 0.454. The lowest BCUT2D eigenvalue weighted by molar-refractivity contribution is -0.117. The molecule has 18 heavy (non-hydrogen) atoms. The van der Waals surface area contributed by atoms with Crippen molar-refractivity contribution < 1.29 is 4.79 Å². The summed E-state index contributed by atoms with van der Waals surface area (Å²) in [5, 5.41) is 0. The summed E-state index contributed by atoms with van der Waals surface area (Å²) in [5.74, 6) is -0.0573. The SMILES string of the molecule is CCC(=O)N=c1sc2c(C)cc(C)cc2n1CC. The zero-order valence-electron chi connectivity index (χ0n) is 11.3. The summed E-state index contributed by atoms with van der Waals surface area (Å²) in [6.45, 7) is 8.96. The number of carbonyl (C=O) groups is 1. The zero-order valence-corrected chi connectivity index (χ0v) is 12.1. The maximum Gasteiger partial charge on any atom is 0.248 e. The van der Waals surface area contributed by atoms with Crippen molar-refractivity contribution >= 4 is 27.5 Å². The van der Waals surface area contributed by atoms with E-state index < -0.39 is 0 Å². The molecule has 0 aliphatic rings. The van der Waals surface area contributed by atoms with E-state index in [1.54, 1.807) is 11.3 Å². The molecule has 0 unspecified atom stereocenters. The predicted molar refractivity (Wildman–Crippen MR) is 75.8 cm³/mol. The largest absolute Gasteiger partial charge is 0.317 e. The number of rotatable bonds is 2. The number of hydrogen-bond donors (Lipinski definition) is 0. The number of hydrogen-bond acceptors (Lipinski definition) is 2. The molecular formula is C14H18N2OS. The molecule has 0 aliphatic carbocycles. The Hall–Kier alpha value is -1.42. The van der Waals surface area contributed by atoms with Crippen molar-refractivity contribution in [2.75, 3.05) is 0 Å². The second-order valence-corrected chi connectivity index (χ2v) is 5.40. The van der Waals surface area contributed by atoms with E-state index in [1.807, 2.05) is 6.92 Å². The third-order valence-electron chi connectivity index (χ3n) is 2.95. The van der Waals surface area contributed by atoms with Crippen molar-refractivity contribution in [2.24, 2.45) is 4.99 Å². The molecule has 1 heterocycles. The van der Waals surface area contributed by atoms with Crippen LogP contribution in [0.15, 0.2) is 17.1 Å². The van der Waals surface area contributed by atoms with Crippen LogP contribution in [0.25, 0.3) is 10.2 Å². The summed E-state index contributed by atoms with van der Waals surface area (Å²) >= 11 is 1.60. The molecule has 0 saturated heterocycles. The molecule has 0 aliphatic heterocycles. The van der Waals surface area contributed by atoms with E-state index in [4.69, 9.17) is 0 Å². The number of nitrogens with zero attached hydrogens (tertiary/aromatic N) is 2. The summed E-state index contributed by atoms with van der Waals surface area (Å²) in [5.41, 5.74) is 3.68. The molecule has 96 valence electrons. The van der Waals surface area contributed by atoms with Gasteiger partial charge in [-0.15, -0.1) is 0 Å². The molecule has 0 fully saturated rings. The van der Waals surface area contributed by atoms with E-state index in [2.05, 4.69) is 42.5 Å². The fourth-order valence-electron chi connectivity index (χ4n) is 2.09. The highest BCUT2D eigenvalue weighted by Crippen LogP contribution is 2.23. The molecule has 4 heteroatoms. The molecule has 0 saturated carbocycles. The Bertz CT molecular complexity index is 664. The van der Waals surface area contributed by atoms with Crippen molar-refractivity contribution in [3.63, 3.8) is 0 Å². The second-order valence-electron chi connectivity index (χ2n) is 4.42. The van der Waals surface area contributed by atoms with E-state index in [1.165, 1.54) is 21.3 Å². The smallest absolute Gasteiger partial charge is 0.248 e. The van der Waals surface area contributed by atoms with Crippen LogP contribution >= 0.6 is 11.3 Å². The van der Waals surface area contributed by atoms with E-state index in [-0.39, 0.29) is 5.91 Å². The summed E-state index contributed by atoms with van der Waals surface area (Å²) in [6, 6.07) is 4.34. The number of thiazole rings is 1. The van der Waals surface area contributed by atoms with Crippen LogP contribution in [0.2, 0.25) is 0 Å². The van der Waals surface area contributed by atoms with Gasteiger partial charge in [0.05, 0.1) is 10.2 Å². The molecule has 0 bridgehead atoms. The quantitative estimate of drug-likeness (QED) is 0.818. The van der Waals surface area contributed by atoms with E-state index >= 15 is 0 Å². The van der Waals surface area contributed by atoms with Crippen molar-refractivity contribution in [3.8, 4) is 0 Å². The molecule has 2 aromatic rings. The van der Waals surface area contributed by atoms with Gasteiger partial charge in [0.2, 0.25) is 5.91 Å². The molecule has 0 N–H and O–H groups in total. The van der Waals surface area contributed by atoms with Crippen LogP contribution in [0.4, 0.5) is 0 Å². The van der Waals surface area contributed by atoms with Gasteiger partial charge in [0.15, 0.2) is 4.80 Å². The zero-order chi connectivity index (χ0) is 13.3. The molecule has 0 atom stereocenters. The molecule has 1 aromatic carbocycles. The monoisotopic (exact) mass is 262 g/mol. The first-order valence-corrected chi connectivity index (χ1v) is 7.06. The number of fused-ring (bicyclic) bond motifs is 1. The van der Waals surface area contributed by atoms with Gasteiger partial charge in [-0.1, -0.05) is 24.3 Å². The average Bonchev–Trinajstić information content (AvgIpc) is 2.66. The minimum Gasteiger partial charge on any atom is -0.317 e. The lowest BCUT2D eigenvalue weighted by Gasteiger charge is -2.02. The molecular weight excluding hydrogens is 244 g/mol. The van der Waals surface area contributed by atoms with Crippen LogP contribution < -0.4 is 4.80 Å². The van der Waals surface area contributed by atoms with Crippen molar-refractivity contribution in [3.05, 3.63) is 28.1 Å². The van der Waals surface area contributed by atoms with Gasteiger partial charge in [0, 0.05) is 13.0 Å². The highest BCUT2D eigenvalue weighted by molar-refractivity contribution is 7.16. The Kier molecular flexibility index (Phi) is 3.66. The lowest BCUT2D eigenvalue weighted by Crippen LogP contribution is -2.15. The van der Waals surface area contributed by atoms with Gasteiger partial charge < -0.3 is 4.57 Å². The number of benzene rings is 1. The highest BCUT2D eigenvalue weighted by atomic mass is 32.1. The van der Waals surface area contributed by atoms with Crippen LogP contribution in [0.3, 0.4) is 0 Å². The van der Waals surface area contributed by atoms with Crippen LogP contribution in [-0.2, 0) is 11.3 Å². The van der Waals surface area contributed by atoms with Crippen LogP contribution in [0.1, 0.15) is 31.4 Å². The van der Waals surface area contributed by atoms with Gasteiger partial charge in [0.1, 0.15) is 0 Å². The van der Waals surface area contributed by atoms with Crippen molar-refractivity contribution in [2.45, 2.75) is 40.7 Å². The van der Waals surface area contributed by atoms with Gasteiger partial charge in [-0.3, -0.25) is 4.79 Å². The highest BCUT2D eigenvalue weighted by Gasteiger charge is 2.08. The van der Waals surface area contributed by atoms with Crippen LogP contribution in [-0.4, -0.2) is 10.5 Å². The van der Waals surface area contributed by atoms with E-state index in [0.29, 0.717) is 6.42 Å². The molecule has 3 nitrogen and oxygen atoms in total. The van der Waals surface area contributed by atoms with Gasteiger partial charge in [-0.05, 0) is 38.0 Å². The van der Waals surface area contributed by atoms with E-state index in [0.717, 1.165) is 11.3 Å². The van der Waals surface area contributed by atoms with Gasteiger partial charge in [-0.25, -0.2) is 0 Å². The second kappa shape index (κ2) is 5.06. The topological polar surface area (TPSA) is 34.4 Å². The summed E-state index contributed by atoms with van der Waals surface area (Å²) < 4.78 is 3.35. The normalized spacial score (nSPS) is 12.3. The van der Waals surface area contributed by atoms with Gasteiger partial charge in [0.25, 0.3) is 0 Å². The number of amides is 1. The maximum absolute atomic E-state index is 11.5. The standard InChI is InChI=1S/C14H18N2OS/c1-5-12(17)15-14-16(6-2)11-8-9(3)7-10(4)13(11)18-14/h7-8H,5-6H2,1-4H3. The van der Waals surface area contributed by atoms with Crippen molar-refractivity contribution in [1.29, 1.82) is 0 Å². The first-order valence-electron chi connectivity index (χ1n) is 6.25. The Morgan fingerprint density at radius 1 is 1.33 bits per heavy atom. The van der Waals surface area contributed by atoms with Crippen LogP contribution in [0.5, 0.6) is 0 Å². The van der Waals surface area contributed by atoms with Crippen LogP contribution in [0, 0.1) is 13.8 Å². The molecule has 0 spiro atoms. The van der Waals surface area contributed by atoms with Gasteiger partial charge >= 0.3 is 0 Å². The number of aromatic nitrogens is 1. The maximum atomic E-state index is 11.5. The Morgan fingerprint density at radius 2 is 2.06 bits per heavy atom. The molecule has 2 rings (SSSR count). The van der Waals surface area contributed by atoms with Gasteiger partial charge in [-0.2, -0.15) is 4.99 Å². The molecule has 1 amide bonds. The third kappa shape index (κ3) is 2.25. The third-order valence-corrected chi connectivity index (χ3v) is 4.18. The first-order chi connectivity index (χ1) is 8.56. The first kappa shape index (κ1) is 13.0.